The number of oxazole rings is 4. The fourth-order valence-electron chi connectivity index (χ4n) is 7.10. The number of fused-ring (bicyclic) bond motifs is 4. The van der Waals surface area contributed by atoms with Gasteiger partial charge in [-0.3, -0.25) is 0 Å². The number of para-hydroxylation sites is 12. The van der Waals surface area contributed by atoms with E-state index in [0.717, 1.165) is 10.1 Å². The molecule has 8 aromatic carbocycles. The summed E-state index contributed by atoms with van der Waals surface area (Å²) in [5.74, 6) is 0.748. The molecule has 0 saturated carbocycles. The van der Waals surface area contributed by atoms with Gasteiger partial charge in [0.15, 0.2) is 22.3 Å². The summed E-state index contributed by atoms with van der Waals surface area (Å²) in [6, 6.07) is 64.1. The molecule has 4 heterocycles. The molecule has 92 heavy (non-hydrogen) atoms. The Bertz CT molecular complexity index is 3710. The van der Waals surface area contributed by atoms with Crippen molar-refractivity contribution in [2.24, 2.45) is 0 Å². The summed E-state index contributed by atoms with van der Waals surface area (Å²) in [6.07, 6.45) is -1.37. The molecule has 0 radical (unpaired) electrons. The molecule has 12 aromatic rings. The van der Waals surface area contributed by atoms with E-state index >= 15 is 0 Å². The zero-order valence-corrected chi connectivity index (χ0v) is 58.4. The van der Waals surface area contributed by atoms with Crippen LogP contribution in [0, 0.1) is 9.67 Å². The average Bonchev–Trinajstić information content (AvgIpc) is 1.75. The van der Waals surface area contributed by atoms with Crippen molar-refractivity contribution in [1.82, 2.24) is 18.3 Å². The van der Waals surface area contributed by atoms with Gasteiger partial charge in [-0.05, 0) is 146 Å². The van der Waals surface area contributed by atoms with Crippen LogP contribution in [0.2, 0.25) is 0 Å². The number of carbonyl (C=O) groups excluding carboxylic acids is 2. The van der Waals surface area contributed by atoms with Gasteiger partial charge in [-0.15, -0.1) is 0 Å². The van der Waals surface area contributed by atoms with E-state index in [-0.39, 0.29) is 20.0 Å². The summed E-state index contributed by atoms with van der Waals surface area (Å²) in [5.41, 5.74) is 4.43. The highest BCUT2D eigenvalue weighted by molar-refractivity contribution is 7.80. The molecule has 16 nitrogen and oxygen atoms in total. The Labute approximate surface area is 559 Å². The van der Waals surface area contributed by atoms with Crippen LogP contribution < -0.4 is 30.5 Å². The fraction of sp³-hybridized carbons (Fsp3) is 0.222. The van der Waals surface area contributed by atoms with Crippen molar-refractivity contribution < 1.29 is 46.2 Å². The Morgan fingerprint density at radius 2 is 0.500 bits per heavy atom. The Morgan fingerprint density at radius 1 is 0.283 bits per heavy atom. The first-order valence-corrected chi connectivity index (χ1v) is 32.2. The number of aromatic nitrogens is 4. The van der Waals surface area contributed by atoms with Gasteiger partial charge >= 0.3 is 23.7 Å². The maximum Gasteiger partial charge on any atom is 0.429 e. The maximum absolute atomic E-state index is 12.1. The van der Waals surface area contributed by atoms with E-state index in [1.165, 1.54) is 9.13 Å². The van der Waals surface area contributed by atoms with Crippen molar-refractivity contribution in [3.05, 3.63) is 249 Å². The number of nitrogens with zero attached hydrogens (tertiary/aromatic N) is 4. The van der Waals surface area contributed by atoms with Crippen LogP contribution in [0.25, 0.3) is 44.4 Å². The number of benzene rings is 8. The highest BCUT2D eigenvalue weighted by Crippen LogP contribution is 2.22. The van der Waals surface area contributed by atoms with E-state index in [1.807, 2.05) is 196 Å². The molecule has 0 aliphatic carbocycles. The SMILES string of the molecule is CC.CC.CC.CC.CC.CC.CC.CC.O=C(Oc1ccccc1)n1c(=O)oc2ccccc21.O=C(Oc1ccccc1)n1c(=S)oc2ccccc21.O=c1oc2ccccc2n1C(=S)Oc1ccccc1.S=C(Oc1ccccc1)n1c(=S)oc2ccccc21. The summed E-state index contributed by atoms with van der Waals surface area (Å²) in [7, 11) is 0. The monoisotopic (exact) mass is 1320 g/mol. The van der Waals surface area contributed by atoms with Gasteiger partial charge in [0.05, 0.1) is 16.6 Å². The first kappa shape index (κ1) is 80.4. The highest BCUT2D eigenvalue weighted by atomic mass is 32.1. The topological polar surface area (TPSA) is 177 Å². The lowest BCUT2D eigenvalue weighted by Crippen LogP contribution is -2.26. The minimum atomic E-state index is -0.791. The summed E-state index contributed by atoms with van der Waals surface area (Å²) in [6.45, 7) is 32.0. The first-order valence-electron chi connectivity index (χ1n) is 30.5. The predicted molar refractivity (Wildman–Crippen MR) is 388 cm³/mol. The Kier molecular flexibility index (Phi) is 40.6. The zero-order valence-electron chi connectivity index (χ0n) is 55.1. The second-order valence-corrected chi connectivity index (χ2v) is 16.8. The Balaban J connectivity index is 0.000000570. The summed E-state index contributed by atoms with van der Waals surface area (Å²) >= 11 is 20.7. The number of carbonyl (C=O) groups is 2. The lowest BCUT2D eigenvalue weighted by molar-refractivity contribution is 0.200. The molecule has 20 heteroatoms. The van der Waals surface area contributed by atoms with Gasteiger partial charge in [-0.1, -0.05) is 232 Å². The second-order valence-electron chi connectivity index (χ2n) is 15.4. The highest BCUT2D eigenvalue weighted by Gasteiger charge is 2.19. The third kappa shape index (κ3) is 23.6. The van der Waals surface area contributed by atoms with Crippen molar-refractivity contribution in [3.63, 3.8) is 0 Å². The Hall–Kier alpha value is -9.60. The maximum atomic E-state index is 12.1. The third-order valence-electron chi connectivity index (χ3n) is 10.5. The molecule has 0 unspecified atom stereocenters. The summed E-state index contributed by atoms with van der Waals surface area (Å²) < 4.78 is 47.3. The number of hydrogen-bond acceptors (Lipinski definition) is 16. The van der Waals surface area contributed by atoms with E-state index in [9.17, 15) is 19.2 Å². The molecule has 0 aliphatic heterocycles. The van der Waals surface area contributed by atoms with Crippen LogP contribution in [0.15, 0.2) is 246 Å². The van der Waals surface area contributed by atoms with Crippen molar-refractivity contribution in [3.8, 4) is 23.0 Å². The molecule has 0 fully saturated rings. The van der Waals surface area contributed by atoms with E-state index < -0.39 is 23.7 Å². The van der Waals surface area contributed by atoms with Crippen LogP contribution in [0.1, 0.15) is 111 Å². The molecule has 0 aliphatic rings. The molecule has 0 bridgehead atoms. The lowest BCUT2D eigenvalue weighted by atomic mass is 10.3. The third-order valence-corrected chi connectivity index (χ3v) is 11.5. The van der Waals surface area contributed by atoms with E-state index in [4.69, 9.17) is 85.5 Å². The second kappa shape index (κ2) is 46.5. The molecule has 4 aromatic heterocycles. The van der Waals surface area contributed by atoms with Gasteiger partial charge in [0, 0.05) is 0 Å². The van der Waals surface area contributed by atoms with Crippen molar-refractivity contribution in [2.75, 3.05) is 0 Å². The molecule has 0 amide bonds. The van der Waals surface area contributed by atoms with Crippen LogP contribution in [0.3, 0.4) is 0 Å². The number of rotatable bonds is 4. The molecular weight excluding hydrogens is 1240 g/mol. The van der Waals surface area contributed by atoms with Gasteiger partial charge in [0.25, 0.3) is 20.0 Å². The number of hydrogen-bond donors (Lipinski definition) is 0. The molecule has 0 spiro atoms. The molecule has 488 valence electrons. The van der Waals surface area contributed by atoms with E-state index in [1.54, 1.807) is 138 Å². The quantitative estimate of drug-likeness (QED) is 0.152. The molecular formula is C72H84N4O12S4. The predicted octanol–water partition coefficient (Wildman–Crippen LogP) is 21.8. The Morgan fingerprint density at radius 3 is 0.837 bits per heavy atom. The largest absolute Gasteiger partial charge is 0.431 e. The lowest BCUT2D eigenvalue weighted by Gasteiger charge is -2.07. The number of thiocarbonyl (C=S) groups is 2. The van der Waals surface area contributed by atoms with Crippen LogP contribution in [0.5, 0.6) is 23.0 Å². The minimum absolute atomic E-state index is 0.0427. The fourth-order valence-corrected chi connectivity index (χ4v) is 8.23. The van der Waals surface area contributed by atoms with Crippen molar-refractivity contribution >= 4 is 116 Å². The zero-order chi connectivity index (χ0) is 69.0. The van der Waals surface area contributed by atoms with Gasteiger partial charge in [0.2, 0.25) is 0 Å². The first-order chi connectivity index (χ1) is 45.0. The van der Waals surface area contributed by atoms with Gasteiger partial charge < -0.3 is 36.6 Å². The van der Waals surface area contributed by atoms with Gasteiger partial charge in [-0.25, -0.2) is 32.9 Å². The molecule has 0 atom stereocenters. The average molecular weight is 1330 g/mol. The smallest absolute Gasteiger partial charge is 0.429 e. The van der Waals surface area contributed by atoms with Crippen LogP contribution >= 0.6 is 48.9 Å². The van der Waals surface area contributed by atoms with Gasteiger partial charge in [0.1, 0.15) is 28.5 Å². The molecule has 0 saturated heterocycles. The van der Waals surface area contributed by atoms with E-state index in [2.05, 4.69) is 0 Å². The summed E-state index contributed by atoms with van der Waals surface area (Å²) in [4.78, 5) is 47.9. The van der Waals surface area contributed by atoms with Crippen LogP contribution in [0.4, 0.5) is 9.59 Å². The van der Waals surface area contributed by atoms with Crippen molar-refractivity contribution in [2.45, 2.75) is 111 Å². The van der Waals surface area contributed by atoms with Crippen LogP contribution in [-0.4, -0.2) is 40.8 Å². The van der Waals surface area contributed by atoms with Crippen molar-refractivity contribution in [1.29, 1.82) is 0 Å². The normalized spacial score (nSPS) is 9.22. The molecule has 0 N–H and O–H groups in total. The number of ether oxygens (including phenoxy) is 4. The molecule has 12 rings (SSSR count). The minimum Gasteiger partial charge on any atom is -0.431 e. The standard InChI is InChI=1S/C14H9NO4.2C14H9NO3S.C14H9NO2S2.8C2H6/c16-13(18-10-6-2-1-3-7-10)15-11-8-4-5-9-12(11)19-14(15)17;16-13-15(11-8-4-5-9-12(11)18-13)14(19)17-10-6-2-1-3-7-10;16-13(17-10-6-2-1-3-7-10)15-11-8-4-5-9-12(11)18-14(15)19;18-13(16-10-6-2-1-3-7-10)15-11-8-4-5-9-12(11)17-14(15)19;8*1-2/h4*1-9H;8*1-2H3. The summed E-state index contributed by atoms with van der Waals surface area (Å²) in [5, 5.41) is 0.294. The van der Waals surface area contributed by atoms with Gasteiger partial charge in [-0.2, -0.15) is 4.57 Å². The van der Waals surface area contributed by atoms with E-state index in [0.29, 0.717) is 61.9 Å². The van der Waals surface area contributed by atoms with Crippen LogP contribution in [-0.2, 0) is 0 Å².